The molecule has 1 amide bonds. The lowest BCUT2D eigenvalue weighted by Gasteiger charge is -2.32. The van der Waals surface area contributed by atoms with Gasteiger partial charge < -0.3 is 15.0 Å². The highest BCUT2D eigenvalue weighted by atomic mass is 35.5. The van der Waals surface area contributed by atoms with Crippen LogP contribution in [-0.4, -0.2) is 47.5 Å². The fourth-order valence-electron chi connectivity index (χ4n) is 3.05. The molecule has 25 heavy (non-hydrogen) atoms. The van der Waals surface area contributed by atoms with Crippen molar-refractivity contribution in [3.8, 4) is 0 Å². The summed E-state index contributed by atoms with van der Waals surface area (Å²) in [6.45, 7) is 5.96. The SMILES string of the molecule is CCOC(=O)CCN(Cc1cccnc1)C(=O)[C@H]1CCN[C@@H](C)C1.Cl. The Kier molecular flexibility index (Phi) is 9.45. The van der Waals surface area contributed by atoms with Crippen LogP contribution in [0.25, 0.3) is 0 Å². The van der Waals surface area contributed by atoms with Crippen molar-refractivity contribution >= 4 is 24.3 Å². The predicted octanol–water partition coefficient (Wildman–Crippen LogP) is 2.17. The molecule has 0 aromatic carbocycles. The number of carbonyl (C=O) groups excluding carboxylic acids is 2. The summed E-state index contributed by atoms with van der Waals surface area (Å²) in [4.78, 5) is 30.5. The summed E-state index contributed by atoms with van der Waals surface area (Å²) < 4.78 is 4.99. The van der Waals surface area contributed by atoms with Crippen LogP contribution in [0.3, 0.4) is 0 Å². The van der Waals surface area contributed by atoms with E-state index in [1.807, 2.05) is 12.1 Å². The second-order valence-electron chi connectivity index (χ2n) is 6.25. The summed E-state index contributed by atoms with van der Waals surface area (Å²) in [5, 5.41) is 3.37. The molecule has 1 aliphatic rings. The van der Waals surface area contributed by atoms with Gasteiger partial charge in [-0.25, -0.2) is 0 Å². The number of hydrogen-bond acceptors (Lipinski definition) is 5. The molecule has 2 rings (SSSR count). The van der Waals surface area contributed by atoms with Crippen molar-refractivity contribution in [1.82, 2.24) is 15.2 Å². The zero-order valence-electron chi connectivity index (χ0n) is 14.9. The van der Waals surface area contributed by atoms with Crippen molar-refractivity contribution in [2.24, 2.45) is 5.92 Å². The third-order valence-electron chi connectivity index (χ3n) is 4.27. The number of esters is 1. The van der Waals surface area contributed by atoms with E-state index < -0.39 is 0 Å². The lowest BCUT2D eigenvalue weighted by Crippen LogP contribution is -2.44. The number of nitrogens with one attached hydrogen (secondary N) is 1. The summed E-state index contributed by atoms with van der Waals surface area (Å²) in [7, 11) is 0. The predicted molar refractivity (Wildman–Crippen MR) is 98.3 cm³/mol. The Morgan fingerprint density at radius 2 is 2.24 bits per heavy atom. The first-order valence-corrected chi connectivity index (χ1v) is 8.66. The van der Waals surface area contributed by atoms with Gasteiger partial charge in [0.15, 0.2) is 0 Å². The maximum absolute atomic E-state index is 12.9. The van der Waals surface area contributed by atoms with Crippen molar-refractivity contribution in [1.29, 1.82) is 0 Å². The molecule has 0 aliphatic carbocycles. The zero-order valence-corrected chi connectivity index (χ0v) is 15.8. The number of aromatic nitrogens is 1. The quantitative estimate of drug-likeness (QED) is 0.746. The van der Waals surface area contributed by atoms with Crippen LogP contribution < -0.4 is 5.32 Å². The standard InChI is InChI=1S/C18H27N3O3.ClH/c1-3-24-17(22)7-10-21(13-15-5-4-8-19-12-15)18(23)16-6-9-20-14(2)11-16;/h4-5,8,12,14,16,20H,3,6-7,9-11,13H2,1-2H3;1H/t14-,16-;/m0./s1. The summed E-state index contributed by atoms with van der Waals surface area (Å²) >= 11 is 0. The zero-order chi connectivity index (χ0) is 17.4. The number of pyridine rings is 1. The summed E-state index contributed by atoms with van der Waals surface area (Å²) in [5.74, 6) is -0.128. The third kappa shape index (κ3) is 7.00. The van der Waals surface area contributed by atoms with Gasteiger partial charge in [0.25, 0.3) is 0 Å². The highest BCUT2D eigenvalue weighted by molar-refractivity contribution is 5.85. The summed E-state index contributed by atoms with van der Waals surface area (Å²) in [6.07, 6.45) is 5.37. The maximum Gasteiger partial charge on any atom is 0.307 e. The van der Waals surface area contributed by atoms with Gasteiger partial charge in [-0.2, -0.15) is 0 Å². The average Bonchev–Trinajstić information content (AvgIpc) is 2.59. The van der Waals surface area contributed by atoms with Crippen molar-refractivity contribution in [3.05, 3.63) is 30.1 Å². The Balaban J connectivity index is 0.00000312. The lowest BCUT2D eigenvalue weighted by atomic mass is 9.92. The van der Waals surface area contributed by atoms with Crippen molar-refractivity contribution in [2.45, 2.75) is 45.7 Å². The molecule has 0 radical (unpaired) electrons. The van der Waals surface area contributed by atoms with E-state index in [-0.39, 0.29) is 36.6 Å². The number of nitrogens with zero attached hydrogens (tertiary/aromatic N) is 2. The van der Waals surface area contributed by atoms with Crippen LogP contribution >= 0.6 is 12.4 Å². The molecule has 1 aliphatic heterocycles. The number of halogens is 1. The molecule has 1 fully saturated rings. The van der Waals surface area contributed by atoms with E-state index in [1.165, 1.54) is 0 Å². The van der Waals surface area contributed by atoms with Gasteiger partial charge in [-0.15, -0.1) is 12.4 Å². The molecule has 0 unspecified atom stereocenters. The minimum Gasteiger partial charge on any atom is -0.466 e. The van der Waals surface area contributed by atoms with Gasteiger partial charge in [0.1, 0.15) is 0 Å². The van der Waals surface area contributed by atoms with Crippen LogP contribution in [-0.2, 0) is 20.9 Å². The maximum atomic E-state index is 12.9. The second-order valence-corrected chi connectivity index (χ2v) is 6.25. The molecule has 2 atom stereocenters. The van der Waals surface area contributed by atoms with Gasteiger partial charge >= 0.3 is 5.97 Å². The molecule has 0 spiro atoms. The first-order chi connectivity index (χ1) is 11.6. The number of piperidine rings is 1. The molecule has 2 heterocycles. The fourth-order valence-corrected chi connectivity index (χ4v) is 3.05. The molecule has 1 aromatic rings. The highest BCUT2D eigenvalue weighted by Crippen LogP contribution is 2.20. The van der Waals surface area contributed by atoms with Gasteiger partial charge in [-0.3, -0.25) is 14.6 Å². The van der Waals surface area contributed by atoms with Gasteiger partial charge in [-0.1, -0.05) is 6.07 Å². The molecule has 1 N–H and O–H groups in total. The van der Waals surface area contributed by atoms with E-state index in [0.29, 0.717) is 25.7 Å². The van der Waals surface area contributed by atoms with Crippen LogP contribution in [0.15, 0.2) is 24.5 Å². The van der Waals surface area contributed by atoms with E-state index in [9.17, 15) is 9.59 Å². The minimum absolute atomic E-state index is 0. The molecule has 0 bridgehead atoms. The van der Waals surface area contributed by atoms with Crippen LogP contribution in [0.2, 0.25) is 0 Å². The van der Waals surface area contributed by atoms with Gasteiger partial charge in [-0.05, 0) is 44.9 Å². The van der Waals surface area contributed by atoms with Crippen LogP contribution in [0.1, 0.15) is 38.7 Å². The van der Waals surface area contributed by atoms with E-state index in [2.05, 4.69) is 17.2 Å². The monoisotopic (exact) mass is 369 g/mol. The van der Waals surface area contributed by atoms with Crippen molar-refractivity contribution in [3.63, 3.8) is 0 Å². The minimum atomic E-state index is -0.264. The molecule has 0 saturated carbocycles. The Labute approximate surface area is 155 Å². The van der Waals surface area contributed by atoms with Crippen molar-refractivity contribution in [2.75, 3.05) is 19.7 Å². The van der Waals surface area contributed by atoms with E-state index >= 15 is 0 Å². The average molecular weight is 370 g/mol. The van der Waals surface area contributed by atoms with E-state index in [4.69, 9.17) is 4.74 Å². The Morgan fingerprint density at radius 1 is 1.44 bits per heavy atom. The van der Waals surface area contributed by atoms with Crippen molar-refractivity contribution < 1.29 is 14.3 Å². The van der Waals surface area contributed by atoms with Crippen LogP contribution in [0, 0.1) is 5.92 Å². The number of hydrogen-bond donors (Lipinski definition) is 1. The second kappa shape index (κ2) is 11.1. The summed E-state index contributed by atoms with van der Waals surface area (Å²) in [6, 6.07) is 4.15. The van der Waals surface area contributed by atoms with Crippen LogP contribution in [0.4, 0.5) is 0 Å². The number of rotatable bonds is 7. The molecular formula is C18H28ClN3O3. The molecule has 1 aromatic heterocycles. The first kappa shape index (κ1) is 21.4. The Morgan fingerprint density at radius 3 is 2.88 bits per heavy atom. The largest absolute Gasteiger partial charge is 0.466 e. The molecule has 7 heteroatoms. The number of carbonyl (C=O) groups is 2. The summed E-state index contributed by atoms with van der Waals surface area (Å²) in [5.41, 5.74) is 0.969. The van der Waals surface area contributed by atoms with Crippen LogP contribution in [0.5, 0.6) is 0 Å². The third-order valence-corrected chi connectivity index (χ3v) is 4.27. The fraction of sp³-hybridized carbons (Fsp3) is 0.611. The smallest absolute Gasteiger partial charge is 0.307 e. The first-order valence-electron chi connectivity index (χ1n) is 8.66. The number of amides is 1. The molecule has 1 saturated heterocycles. The van der Waals surface area contributed by atoms with E-state index in [0.717, 1.165) is 24.9 Å². The Bertz CT molecular complexity index is 542. The van der Waals surface area contributed by atoms with Gasteiger partial charge in [0, 0.05) is 37.4 Å². The van der Waals surface area contributed by atoms with Gasteiger partial charge in [0.05, 0.1) is 13.0 Å². The molecule has 140 valence electrons. The topological polar surface area (TPSA) is 71.5 Å². The van der Waals surface area contributed by atoms with Gasteiger partial charge in [0.2, 0.25) is 5.91 Å². The molecule has 6 nitrogen and oxygen atoms in total. The normalized spacial score (nSPS) is 19.6. The Hall–Kier alpha value is -1.66. The molecular weight excluding hydrogens is 342 g/mol. The lowest BCUT2D eigenvalue weighted by molar-refractivity contribution is -0.145. The highest BCUT2D eigenvalue weighted by Gasteiger charge is 2.29. The van der Waals surface area contributed by atoms with E-state index in [1.54, 1.807) is 24.2 Å². The number of ether oxygens (including phenoxy) is 1.